The molecule has 13 heavy (non-hydrogen) atoms. The molecule has 0 fully saturated rings. The van der Waals surface area contributed by atoms with Crippen molar-refractivity contribution in [1.29, 1.82) is 0 Å². The normalized spacial score (nSPS) is 20.8. The van der Waals surface area contributed by atoms with Crippen LogP contribution in [0.4, 0.5) is 0 Å². The fourth-order valence-corrected chi connectivity index (χ4v) is 1.97. The summed E-state index contributed by atoms with van der Waals surface area (Å²) in [6, 6.07) is 6.36. The molecular weight excluding hydrogens is 182 g/mol. The minimum absolute atomic E-state index is 0.293. The first-order valence-electron chi connectivity index (χ1n) is 4.45. The molecule has 0 bridgehead atoms. The number of fused-ring (bicyclic) bond motifs is 1. The van der Waals surface area contributed by atoms with Gasteiger partial charge in [0.2, 0.25) is 0 Å². The highest BCUT2D eigenvalue weighted by Gasteiger charge is 2.16. The molecule has 2 rings (SSSR count). The van der Waals surface area contributed by atoms with Gasteiger partial charge in [-0.25, -0.2) is 0 Å². The van der Waals surface area contributed by atoms with Crippen LogP contribution in [0.25, 0.3) is 0 Å². The summed E-state index contributed by atoms with van der Waals surface area (Å²) < 4.78 is 0. The maximum atomic E-state index is 5.92. The van der Waals surface area contributed by atoms with Gasteiger partial charge in [0.05, 0.1) is 6.04 Å². The van der Waals surface area contributed by atoms with Crippen LogP contribution in [0, 0.1) is 0 Å². The number of nitrogens with one attached hydrogen (secondary N) is 1. The SMILES string of the molecule is C=CC1NCCc2cc(Cl)ccc21. The first kappa shape index (κ1) is 8.79. The smallest absolute Gasteiger partial charge is 0.0506 e. The molecule has 1 aromatic rings. The summed E-state index contributed by atoms with van der Waals surface area (Å²) in [5.41, 5.74) is 2.65. The minimum Gasteiger partial charge on any atom is -0.306 e. The lowest BCUT2D eigenvalue weighted by Crippen LogP contribution is -2.28. The van der Waals surface area contributed by atoms with Crippen molar-refractivity contribution in [3.63, 3.8) is 0 Å². The molecule has 1 nitrogen and oxygen atoms in total. The van der Waals surface area contributed by atoms with E-state index < -0.39 is 0 Å². The van der Waals surface area contributed by atoms with Crippen molar-refractivity contribution < 1.29 is 0 Å². The third kappa shape index (κ3) is 1.62. The number of benzene rings is 1. The Morgan fingerprint density at radius 3 is 3.15 bits per heavy atom. The maximum Gasteiger partial charge on any atom is 0.0506 e. The van der Waals surface area contributed by atoms with Crippen molar-refractivity contribution in [3.8, 4) is 0 Å². The van der Waals surface area contributed by atoms with Gasteiger partial charge in [0.15, 0.2) is 0 Å². The van der Waals surface area contributed by atoms with Gasteiger partial charge in [0, 0.05) is 11.6 Å². The Labute approximate surface area is 83.4 Å². The van der Waals surface area contributed by atoms with Crippen LogP contribution in [0.1, 0.15) is 17.2 Å². The van der Waals surface area contributed by atoms with Gasteiger partial charge in [0.25, 0.3) is 0 Å². The van der Waals surface area contributed by atoms with Gasteiger partial charge in [-0.1, -0.05) is 23.7 Å². The lowest BCUT2D eigenvalue weighted by atomic mass is 9.94. The molecule has 1 aliphatic heterocycles. The third-order valence-corrected chi connectivity index (χ3v) is 2.67. The zero-order valence-electron chi connectivity index (χ0n) is 7.39. The van der Waals surface area contributed by atoms with Crippen molar-refractivity contribution in [2.24, 2.45) is 0 Å². The maximum absolute atomic E-state index is 5.92. The molecule has 0 saturated carbocycles. The van der Waals surface area contributed by atoms with E-state index in [9.17, 15) is 0 Å². The molecule has 2 heteroatoms. The van der Waals surface area contributed by atoms with Crippen LogP contribution in [-0.4, -0.2) is 6.54 Å². The van der Waals surface area contributed by atoms with E-state index in [1.165, 1.54) is 11.1 Å². The summed E-state index contributed by atoms with van der Waals surface area (Å²) in [4.78, 5) is 0. The van der Waals surface area contributed by atoms with Gasteiger partial charge in [-0.15, -0.1) is 6.58 Å². The second-order valence-electron chi connectivity index (χ2n) is 3.26. The fourth-order valence-electron chi connectivity index (χ4n) is 1.78. The van der Waals surface area contributed by atoms with E-state index in [4.69, 9.17) is 11.6 Å². The number of rotatable bonds is 1. The second-order valence-corrected chi connectivity index (χ2v) is 3.70. The minimum atomic E-state index is 0.293. The molecule has 0 spiro atoms. The summed E-state index contributed by atoms with van der Waals surface area (Å²) in [6.07, 6.45) is 2.99. The van der Waals surface area contributed by atoms with Crippen LogP contribution in [0.5, 0.6) is 0 Å². The van der Waals surface area contributed by atoms with Crippen molar-refractivity contribution >= 4 is 11.6 Å². The highest BCUT2D eigenvalue weighted by Crippen LogP contribution is 2.25. The van der Waals surface area contributed by atoms with E-state index in [0.29, 0.717) is 6.04 Å². The summed E-state index contributed by atoms with van der Waals surface area (Å²) in [5, 5.41) is 4.21. The Morgan fingerprint density at radius 1 is 1.54 bits per heavy atom. The van der Waals surface area contributed by atoms with Crippen LogP contribution >= 0.6 is 11.6 Å². The average molecular weight is 194 g/mol. The Bertz CT molecular complexity index is 333. The van der Waals surface area contributed by atoms with Crippen LogP contribution in [0.3, 0.4) is 0 Å². The van der Waals surface area contributed by atoms with Crippen molar-refractivity contribution in [2.45, 2.75) is 12.5 Å². The summed E-state index contributed by atoms with van der Waals surface area (Å²) >= 11 is 5.92. The molecular formula is C11H12ClN. The molecule has 0 aromatic heterocycles. The predicted octanol–water partition coefficient (Wildman–Crippen LogP) is 2.71. The molecule has 0 aliphatic carbocycles. The second kappa shape index (κ2) is 3.52. The molecule has 1 heterocycles. The first-order valence-corrected chi connectivity index (χ1v) is 4.83. The lowest BCUT2D eigenvalue weighted by molar-refractivity contribution is 0.582. The van der Waals surface area contributed by atoms with Gasteiger partial charge < -0.3 is 5.32 Å². The Morgan fingerprint density at radius 2 is 2.38 bits per heavy atom. The number of hydrogen-bond acceptors (Lipinski definition) is 1. The monoisotopic (exact) mass is 193 g/mol. The quantitative estimate of drug-likeness (QED) is 0.677. The largest absolute Gasteiger partial charge is 0.306 e. The zero-order chi connectivity index (χ0) is 9.26. The molecule has 0 radical (unpaired) electrons. The summed E-state index contributed by atoms with van der Waals surface area (Å²) in [5.74, 6) is 0. The van der Waals surface area contributed by atoms with Gasteiger partial charge in [-0.05, 0) is 29.7 Å². The predicted molar refractivity (Wildman–Crippen MR) is 56.1 cm³/mol. The fraction of sp³-hybridized carbons (Fsp3) is 0.273. The van der Waals surface area contributed by atoms with Crippen LogP contribution in [0.2, 0.25) is 5.02 Å². The topological polar surface area (TPSA) is 12.0 Å². The number of hydrogen-bond donors (Lipinski definition) is 1. The first-order chi connectivity index (χ1) is 6.31. The molecule has 1 atom stereocenters. The Balaban J connectivity index is 2.45. The van der Waals surface area contributed by atoms with Gasteiger partial charge in [0.1, 0.15) is 0 Å². The lowest BCUT2D eigenvalue weighted by Gasteiger charge is -2.24. The van der Waals surface area contributed by atoms with Crippen molar-refractivity contribution in [3.05, 3.63) is 47.0 Å². The highest BCUT2D eigenvalue weighted by atomic mass is 35.5. The molecule has 0 saturated heterocycles. The van der Waals surface area contributed by atoms with Crippen LogP contribution in [-0.2, 0) is 6.42 Å². The highest BCUT2D eigenvalue weighted by molar-refractivity contribution is 6.30. The van der Waals surface area contributed by atoms with E-state index in [1.54, 1.807) is 0 Å². The molecule has 1 aromatic carbocycles. The Kier molecular flexibility index (Phi) is 2.38. The molecule has 0 amide bonds. The van der Waals surface area contributed by atoms with Gasteiger partial charge >= 0.3 is 0 Å². The van der Waals surface area contributed by atoms with E-state index in [-0.39, 0.29) is 0 Å². The Hall–Kier alpha value is -0.790. The molecule has 1 aliphatic rings. The van der Waals surface area contributed by atoms with Gasteiger partial charge in [-0.2, -0.15) is 0 Å². The van der Waals surface area contributed by atoms with E-state index in [2.05, 4.69) is 18.0 Å². The van der Waals surface area contributed by atoms with Crippen molar-refractivity contribution in [1.82, 2.24) is 5.32 Å². The van der Waals surface area contributed by atoms with Crippen molar-refractivity contribution in [2.75, 3.05) is 6.54 Å². The van der Waals surface area contributed by atoms with E-state index in [0.717, 1.165) is 18.0 Å². The average Bonchev–Trinajstić information content (AvgIpc) is 2.16. The summed E-state index contributed by atoms with van der Waals surface area (Å²) in [6.45, 7) is 4.81. The number of halogens is 1. The summed E-state index contributed by atoms with van der Waals surface area (Å²) in [7, 11) is 0. The van der Waals surface area contributed by atoms with E-state index >= 15 is 0 Å². The van der Waals surface area contributed by atoms with Crippen LogP contribution in [0.15, 0.2) is 30.9 Å². The van der Waals surface area contributed by atoms with E-state index in [1.807, 2.05) is 18.2 Å². The molecule has 1 N–H and O–H groups in total. The van der Waals surface area contributed by atoms with Crippen LogP contribution < -0.4 is 5.32 Å². The van der Waals surface area contributed by atoms with Gasteiger partial charge in [-0.3, -0.25) is 0 Å². The standard InChI is InChI=1S/C11H12ClN/c1-2-11-10-4-3-9(12)7-8(10)5-6-13-11/h2-4,7,11,13H,1,5-6H2. The third-order valence-electron chi connectivity index (χ3n) is 2.43. The zero-order valence-corrected chi connectivity index (χ0v) is 8.14. The molecule has 1 unspecified atom stereocenters. The molecule has 68 valence electrons.